The van der Waals surface area contributed by atoms with Gasteiger partial charge < -0.3 is 4.57 Å². The second-order valence-corrected chi connectivity index (χ2v) is 14.0. The van der Waals surface area contributed by atoms with Crippen molar-refractivity contribution in [3.63, 3.8) is 0 Å². The molecule has 1 aliphatic rings. The van der Waals surface area contributed by atoms with Crippen LogP contribution in [-0.4, -0.2) is 19.1 Å². The third-order valence-corrected chi connectivity index (χ3v) is 11.2. The molecule has 0 fully saturated rings. The second kappa shape index (κ2) is 11.2. The first-order valence-corrected chi connectivity index (χ1v) is 18.3. The van der Waals surface area contributed by atoms with Crippen LogP contribution in [0.3, 0.4) is 0 Å². The molecule has 4 nitrogen and oxygen atoms in total. The molecule has 1 aliphatic carbocycles. The summed E-state index contributed by atoms with van der Waals surface area (Å²) in [5.41, 5.74) is 11.5. The van der Waals surface area contributed by atoms with Crippen molar-refractivity contribution in [2.45, 2.75) is 26.3 Å². The zero-order valence-electron chi connectivity index (χ0n) is 28.8. The Morgan fingerprint density at radius 3 is 2.10 bits per heavy atom. The standard InChI is InChI=1S/C48H34N4/c1-2-51-43-21-11-8-17-36(43)41-29-40(34-15-5-6-18-38(34)47(41)51)32-25-26-37-35-16-9-12-22-44(35)52(45(37)28-32)48-49-42-20-10-7-19-39(42)46(50-48)33-24-23-30-13-3-4-14-31(30)27-33/h3-6,8-18,20-29H,2,7,19H2,1H3. The first-order valence-electron chi connectivity index (χ1n) is 18.3. The van der Waals surface area contributed by atoms with Crippen LogP contribution in [0, 0.1) is 0 Å². The van der Waals surface area contributed by atoms with Gasteiger partial charge in [-0.1, -0.05) is 115 Å². The molecule has 0 saturated carbocycles. The predicted octanol–water partition coefficient (Wildman–Crippen LogP) is 12.3. The highest BCUT2D eigenvalue weighted by Gasteiger charge is 2.22. The van der Waals surface area contributed by atoms with Crippen molar-refractivity contribution in [1.82, 2.24) is 19.1 Å². The number of benzene rings is 7. The first kappa shape index (κ1) is 29.2. The average Bonchev–Trinajstić information content (AvgIpc) is 3.72. The van der Waals surface area contributed by atoms with Crippen molar-refractivity contribution >= 4 is 71.2 Å². The number of aromatic nitrogens is 4. The van der Waals surface area contributed by atoms with Crippen molar-refractivity contribution in [3.8, 4) is 28.3 Å². The molecule has 0 bridgehead atoms. The Balaban J connectivity index is 1.19. The van der Waals surface area contributed by atoms with Gasteiger partial charge in [-0.3, -0.25) is 4.57 Å². The lowest BCUT2D eigenvalue weighted by molar-refractivity contribution is 0.829. The van der Waals surface area contributed by atoms with Crippen molar-refractivity contribution in [2.75, 3.05) is 0 Å². The SMILES string of the molecule is CCn1c2ccccc2c2cc(-c3ccc4c5ccccc5n(-c5nc6c(c(-c7ccc8ccccc8c7)n5)CCC=C6)c4c3)c3ccccc3c21. The molecular formula is C48H34N4. The van der Waals surface area contributed by atoms with Crippen molar-refractivity contribution < 1.29 is 0 Å². The topological polar surface area (TPSA) is 35.6 Å². The van der Waals surface area contributed by atoms with Gasteiger partial charge in [0.05, 0.1) is 27.9 Å². The molecule has 0 spiro atoms. The molecule has 3 aromatic heterocycles. The number of rotatable bonds is 4. The molecule has 0 saturated heterocycles. The molecule has 11 rings (SSSR count). The van der Waals surface area contributed by atoms with E-state index in [2.05, 4.69) is 168 Å². The molecule has 52 heavy (non-hydrogen) atoms. The zero-order valence-corrected chi connectivity index (χ0v) is 28.8. The monoisotopic (exact) mass is 666 g/mol. The summed E-state index contributed by atoms with van der Waals surface area (Å²) in [5.74, 6) is 0.697. The van der Waals surface area contributed by atoms with Gasteiger partial charge in [-0.05, 0) is 83.5 Å². The minimum atomic E-state index is 0.697. The summed E-state index contributed by atoms with van der Waals surface area (Å²) < 4.78 is 4.75. The third-order valence-electron chi connectivity index (χ3n) is 11.2. The fraction of sp³-hybridized carbons (Fsp3) is 0.0833. The van der Waals surface area contributed by atoms with E-state index < -0.39 is 0 Å². The summed E-state index contributed by atoms with van der Waals surface area (Å²) in [4.78, 5) is 10.8. The third kappa shape index (κ3) is 4.21. The smallest absolute Gasteiger partial charge is 0.235 e. The van der Waals surface area contributed by atoms with Crippen LogP contribution in [0.4, 0.5) is 0 Å². The van der Waals surface area contributed by atoms with Crippen LogP contribution in [0.1, 0.15) is 24.6 Å². The van der Waals surface area contributed by atoms with E-state index in [1.54, 1.807) is 0 Å². The molecule has 0 unspecified atom stereocenters. The van der Waals surface area contributed by atoms with Gasteiger partial charge in [0.1, 0.15) is 0 Å². The van der Waals surface area contributed by atoms with Crippen LogP contribution in [0.5, 0.6) is 0 Å². The zero-order chi connectivity index (χ0) is 34.3. The van der Waals surface area contributed by atoms with Gasteiger partial charge >= 0.3 is 0 Å². The number of allylic oxidation sites excluding steroid dienone is 1. The molecule has 10 aromatic rings. The maximum Gasteiger partial charge on any atom is 0.235 e. The number of nitrogens with zero attached hydrogens (tertiary/aromatic N) is 4. The van der Waals surface area contributed by atoms with Crippen LogP contribution in [0.2, 0.25) is 0 Å². The first-order chi connectivity index (χ1) is 25.7. The Hall–Kier alpha value is -6.52. The molecule has 0 amide bonds. The molecule has 4 heteroatoms. The van der Waals surface area contributed by atoms with Gasteiger partial charge in [-0.25, -0.2) is 9.97 Å². The normalized spacial score (nSPS) is 12.9. The average molecular weight is 667 g/mol. The van der Waals surface area contributed by atoms with Crippen LogP contribution in [0.15, 0.2) is 146 Å². The Bertz CT molecular complexity index is 3120. The summed E-state index contributed by atoms with van der Waals surface area (Å²) >= 11 is 0. The highest BCUT2D eigenvalue weighted by molar-refractivity contribution is 6.22. The van der Waals surface area contributed by atoms with E-state index in [-0.39, 0.29) is 0 Å². The van der Waals surface area contributed by atoms with Crippen LogP contribution < -0.4 is 0 Å². The molecular weight excluding hydrogens is 633 g/mol. The summed E-state index contributed by atoms with van der Waals surface area (Å²) in [6, 6.07) is 51.0. The van der Waals surface area contributed by atoms with Crippen molar-refractivity contribution in [1.29, 1.82) is 0 Å². The molecule has 0 N–H and O–H groups in total. The van der Waals surface area contributed by atoms with Crippen LogP contribution >= 0.6 is 0 Å². The van der Waals surface area contributed by atoms with Crippen LogP contribution in [0.25, 0.3) is 99.6 Å². The van der Waals surface area contributed by atoms with Gasteiger partial charge in [0, 0.05) is 50.1 Å². The Kier molecular flexibility index (Phi) is 6.32. The van der Waals surface area contributed by atoms with Gasteiger partial charge in [0.15, 0.2) is 0 Å². The maximum atomic E-state index is 5.46. The van der Waals surface area contributed by atoms with Gasteiger partial charge in [0.25, 0.3) is 0 Å². The summed E-state index contributed by atoms with van der Waals surface area (Å²) in [6.07, 6.45) is 6.34. The largest absolute Gasteiger partial charge is 0.340 e. The van der Waals surface area contributed by atoms with E-state index in [4.69, 9.17) is 9.97 Å². The van der Waals surface area contributed by atoms with E-state index in [1.165, 1.54) is 70.8 Å². The van der Waals surface area contributed by atoms with E-state index >= 15 is 0 Å². The summed E-state index contributed by atoms with van der Waals surface area (Å²) in [7, 11) is 0. The van der Waals surface area contributed by atoms with Crippen LogP contribution in [-0.2, 0) is 13.0 Å². The quantitative estimate of drug-likeness (QED) is 0.187. The van der Waals surface area contributed by atoms with E-state index in [0.717, 1.165) is 47.4 Å². The van der Waals surface area contributed by atoms with Gasteiger partial charge in [-0.2, -0.15) is 0 Å². The lowest BCUT2D eigenvalue weighted by atomic mass is 9.94. The Morgan fingerprint density at radius 2 is 1.25 bits per heavy atom. The summed E-state index contributed by atoms with van der Waals surface area (Å²) in [6.45, 7) is 3.15. The molecule has 0 radical (unpaired) electrons. The maximum absolute atomic E-state index is 5.46. The van der Waals surface area contributed by atoms with Crippen molar-refractivity contribution in [2.24, 2.45) is 0 Å². The van der Waals surface area contributed by atoms with Crippen molar-refractivity contribution in [3.05, 3.63) is 157 Å². The lowest BCUT2D eigenvalue weighted by Crippen LogP contribution is -2.09. The number of fused-ring (bicyclic) bond motifs is 10. The minimum Gasteiger partial charge on any atom is -0.340 e. The predicted molar refractivity (Wildman–Crippen MR) is 218 cm³/mol. The molecule has 0 atom stereocenters. The lowest BCUT2D eigenvalue weighted by Gasteiger charge is -2.18. The Morgan fingerprint density at radius 1 is 0.558 bits per heavy atom. The molecule has 7 aromatic carbocycles. The highest BCUT2D eigenvalue weighted by Crippen LogP contribution is 2.42. The second-order valence-electron chi connectivity index (χ2n) is 14.0. The van der Waals surface area contributed by atoms with Gasteiger partial charge in [0.2, 0.25) is 5.95 Å². The Labute approximate surface area is 300 Å². The summed E-state index contributed by atoms with van der Waals surface area (Å²) in [5, 5.41) is 9.94. The fourth-order valence-corrected chi connectivity index (χ4v) is 8.81. The molecule has 0 aliphatic heterocycles. The number of hydrogen-bond acceptors (Lipinski definition) is 2. The molecule has 246 valence electrons. The number of aryl methyl sites for hydroxylation is 1. The van der Waals surface area contributed by atoms with E-state index in [1.807, 2.05) is 0 Å². The number of hydrogen-bond donors (Lipinski definition) is 0. The minimum absolute atomic E-state index is 0.697. The highest BCUT2D eigenvalue weighted by atomic mass is 15.2. The molecule has 3 heterocycles. The van der Waals surface area contributed by atoms with Gasteiger partial charge in [-0.15, -0.1) is 0 Å². The fourth-order valence-electron chi connectivity index (χ4n) is 8.81. The number of para-hydroxylation sites is 2. The van der Waals surface area contributed by atoms with E-state index in [9.17, 15) is 0 Å². The van der Waals surface area contributed by atoms with E-state index in [0.29, 0.717) is 5.95 Å².